The zero-order valence-electron chi connectivity index (χ0n) is 18.5. The maximum atomic E-state index is 13.4. The first-order valence-corrected chi connectivity index (χ1v) is 12.9. The number of ether oxygens (including phenoxy) is 2. The third-order valence-corrected chi connectivity index (χ3v) is 7.85. The van der Waals surface area contributed by atoms with E-state index in [4.69, 9.17) is 21.1 Å². The van der Waals surface area contributed by atoms with Crippen molar-refractivity contribution in [2.75, 3.05) is 17.6 Å². The summed E-state index contributed by atoms with van der Waals surface area (Å²) in [6, 6.07) is 12.8. The molecule has 37 heavy (non-hydrogen) atoms. The van der Waals surface area contributed by atoms with Gasteiger partial charge in [-0.1, -0.05) is 29.8 Å². The molecule has 14 heteroatoms. The fraction of sp³-hybridized carbons (Fsp3) is 0.130. The highest BCUT2D eigenvalue weighted by molar-refractivity contribution is 9.10. The molecule has 0 saturated heterocycles. The van der Waals surface area contributed by atoms with E-state index in [1.165, 1.54) is 30.5 Å². The molecule has 1 heterocycles. The van der Waals surface area contributed by atoms with Gasteiger partial charge in [0.2, 0.25) is 6.79 Å². The maximum Gasteiger partial charge on any atom is 0.417 e. The molecule has 1 amide bonds. The molecule has 0 spiro atoms. The minimum absolute atomic E-state index is 0.0611. The summed E-state index contributed by atoms with van der Waals surface area (Å²) in [7, 11) is -4.44. The lowest BCUT2D eigenvalue weighted by atomic mass is 10.2. The van der Waals surface area contributed by atoms with Crippen molar-refractivity contribution in [2.45, 2.75) is 11.1 Å². The van der Waals surface area contributed by atoms with Crippen LogP contribution in [0.25, 0.3) is 0 Å². The predicted molar refractivity (Wildman–Crippen MR) is 133 cm³/mol. The Morgan fingerprint density at radius 1 is 1.11 bits per heavy atom. The first-order chi connectivity index (χ1) is 17.5. The quantitative estimate of drug-likeness (QED) is 0.290. The lowest BCUT2D eigenvalue weighted by Crippen LogP contribution is -2.39. The number of nitrogens with one attached hydrogen (secondary N) is 1. The van der Waals surface area contributed by atoms with Crippen LogP contribution < -0.4 is 19.2 Å². The van der Waals surface area contributed by atoms with Gasteiger partial charge in [-0.05, 0) is 58.4 Å². The molecule has 0 saturated carbocycles. The van der Waals surface area contributed by atoms with Crippen LogP contribution >= 0.6 is 27.5 Å². The third kappa shape index (κ3) is 6.00. The fourth-order valence-corrected chi connectivity index (χ4v) is 5.38. The Morgan fingerprint density at radius 3 is 2.46 bits per heavy atom. The lowest BCUT2D eigenvalue weighted by molar-refractivity contribution is -0.137. The summed E-state index contributed by atoms with van der Waals surface area (Å²) in [5, 5.41) is 3.21. The van der Waals surface area contributed by atoms with Crippen LogP contribution in [-0.2, 0) is 21.0 Å². The SMILES string of the molecule is O=C(CN(c1ccc(Cl)c(C(F)(F)F)c1)S(=O)(=O)c1ccccc1)N/N=C/c1cc2c(cc1Br)OCO2. The molecule has 0 fully saturated rings. The Hall–Kier alpha value is -3.29. The van der Waals surface area contributed by atoms with Crippen molar-refractivity contribution in [3.05, 3.63) is 81.3 Å². The van der Waals surface area contributed by atoms with Gasteiger partial charge in [0.25, 0.3) is 15.9 Å². The number of carbonyl (C=O) groups excluding carboxylic acids is 1. The van der Waals surface area contributed by atoms with Crippen LogP contribution in [0.1, 0.15) is 11.1 Å². The van der Waals surface area contributed by atoms with E-state index in [1.54, 1.807) is 18.2 Å². The van der Waals surface area contributed by atoms with E-state index in [2.05, 4.69) is 26.5 Å². The maximum absolute atomic E-state index is 13.4. The van der Waals surface area contributed by atoms with Gasteiger partial charge in [-0.15, -0.1) is 0 Å². The zero-order chi connectivity index (χ0) is 26.8. The molecule has 1 N–H and O–H groups in total. The number of nitrogens with zero attached hydrogens (tertiary/aromatic N) is 2. The summed E-state index contributed by atoms with van der Waals surface area (Å²) >= 11 is 9.03. The molecule has 0 atom stereocenters. The summed E-state index contributed by atoms with van der Waals surface area (Å²) in [4.78, 5) is 12.5. The topological polar surface area (TPSA) is 97.3 Å². The Labute approximate surface area is 222 Å². The van der Waals surface area contributed by atoms with Crippen LogP contribution in [0.15, 0.2) is 75.1 Å². The second-order valence-corrected chi connectivity index (χ2v) is 10.6. The van der Waals surface area contributed by atoms with Gasteiger partial charge in [0, 0.05) is 10.0 Å². The van der Waals surface area contributed by atoms with E-state index in [0.717, 1.165) is 12.1 Å². The number of hydrazone groups is 1. The molecular weight excluding hydrogens is 603 g/mol. The number of anilines is 1. The van der Waals surface area contributed by atoms with E-state index < -0.39 is 44.9 Å². The number of hydrogen-bond acceptors (Lipinski definition) is 6. The van der Waals surface area contributed by atoms with Crippen LogP contribution in [-0.4, -0.2) is 33.9 Å². The molecule has 3 aromatic carbocycles. The van der Waals surface area contributed by atoms with Gasteiger partial charge in [0.05, 0.1) is 27.4 Å². The Bertz CT molecular complexity index is 1470. The monoisotopic (exact) mass is 617 g/mol. The first-order valence-electron chi connectivity index (χ1n) is 10.3. The molecule has 0 bridgehead atoms. The van der Waals surface area contributed by atoms with Crippen molar-refractivity contribution in [3.63, 3.8) is 0 Å². The molecule has 0 unspecified atom stereocenters. The number of hydrogen-bond donors (Lipinski definition) is 1. The normalized spacial score (nSPS) is 13.1. The Kier molecular flexibility index (Phi) is 7.67. The van der Waals surface area contributed by atoms with Gasteiger partial charge in [-0.3, -0.25) is 9.10 Å². The molecular formula is C23H16BrClF3N3O5S. The molecule has 0 radical (unpaired) electrons. The summed E-state index contributed by atoms with van der Waals surface area (Å²) in [6.45, 7) is -0.804. The number of benzene rings is 3. The van der Waals surface area contributed by atoms with Gasteiger partial charge < -0.3 is 9.47 Å². The Morgan fingerprint density at radius 2 is 1.78 bits per heavy atom. The van der Waals surface area contributed by atoms with Gasteiger partial charge in [0.15, 0.2) is 11.5 Å². The van der Waals surface area contributed by atoms with Crippen LogP contribution in [0.4, 0.5) is 18.9 Å². The van der Waals surface area contributed by atoms with E-state index in [-0.39, 0.29) is 11.7 Å². The second kappa shape index (κ2) is 10.6. The number of alkyl halides is 3. The number of sulfonamides is 1. The van der Waals surface area contributed by atoms with Crippen molar-refractivity contribution in [1.29, 1.82) is 0 Å². The van der Waals surface area contributed by atoms with E-state index in [1.807, 2.05) is 0 Å². The number of rotatable bonds is 7. The van der Waals surface area contributed by atoms with Crippen molar-refractivity contribution >= 4 is 55.4 Å². The second-order valence-electron chi connectivity index (χ2n) is 7.51. The summed E-state index contributed by atoms with van der Waals surface area (Å²) in [5.74, 6) is 0.0893. The first kappa shape index (κ1) is 26.8. The summed E-state index contributed by atoms with van der Waals surface area (Å²) < 4.78 is 78.7. The molecule has 0 aliphatic carbocycles. The molecule has 4 rings (SSSR count). The average Bonchev–Trinajstić information content (AvgIpc) is 3.30. The van der Waals surface area contributed by atoms with Gasteiger partial charge >= 0.3 is 6.18 Å². The van der Waals surface area contributed by atoms with Gasteiger partial charge in [0.1, 0.15) is 6.54 Å². The standard InChI is InChI=1S/C23H16BrClF3N3O5S/c24-18-10-21-20(35-13-36-21)8-14(18)11-29-30-22(32)12-31(37(33,34)16-4-2-1-3-5-16)15-6-7-19(25)17(9-15)23(26,27)28/h1-11H,12-13H2,(H,30,32)/b29-11+. The van der Waals surface area contributed by atoms with Crippen molar-refractivity contribution < 1.29 is 35.9 Å². The molecule has 0 aromatic heterocycles. The van der Waals surface area contributed by atoms with Gasteiger partial charge in [-0.2, -0.15) is 18.3 Å². The summed E-state index contributed by atoms with van der Waals surface area (Å²) in [6.07, 6.45) is -3.57. The van der Waals surface area contributed by atoms with Crippen molar-refractivity contribution in [2.24, 2.45) is 5.10 Å². The molecule has 3 aromatic rings. The van der Waals surface area contributed by atoms with Crippen molar-refractivity contribution in [1.82, 2.24) is 5.43 Å². The number of halogens is 5. The zero-order valence-corrected chi connectivity index (χ0v) is 21.7. The highest BCUT2D eigenvalue weighted by Crippen LogP contribution is 2.38. The largest absolute Gasteiger partial charge is 0.454 e. The smallest absolute Gasteiger partial charge is 0.417 e. The van der Waals surface area contributed by atoms with E-state index in [9.17, 15) is 26.4 Å². The van der Waals surface area contributed by atoms with Crippen molar-refractivity contribution in [3.8, 4) is 11.5 Å². The number of fused-ring (bicyclic) bond motifs is 1. The summed E-state index contributed by atoms with van der Waals surface area (Å²) in [5.41, 5.74) is 1.06. The molecule has 1 aliphatic heterocycles. The van der Waals surface area contributed by atoms with E-state index >= 15 is 0 Å². The minimum Gasteiger partial charge on any atom is -0.454 e. The lowest BCUT2D eigenvalue weighted by Gasteiger charge is -2.24. The van der Waals surface area contributed by atoms with Crippen LogP contribution in [0, 0.1) is 0 Å². The van der Waals surface area contributed by atoms with Crippen LogP contribution in [0.3, 0.4) is 0 Å². The number of carbonyl (C=O) groups is 1. The minimum atomic E-state index is -4.85. The molecule has 8 nitrogen and oxygen atoms in total. The van der Waals surface area contributed by atoms with Crippen LogP contribution in [0.2, 0.25) is 5.02 Å². The average molecular weight is 619 g/mol. The molecule has 194 valence electrons. The Balaban J connectivity index is 1.61. The fourth-order valence-electron chi connectivity index (χ4n) is 3.29. The highest BCUT2D eigenvalue weighted by atomic mass is 79.9. The third-order valence-electron chi connectivity index (χ3n) is 5.05. The predicted octanol–water partition coefficient (Wildman–Crippen LogP) is 5.20. The molecule has 1 aliphatic rings. The van der Waals surface area contributed by atoms with E-state index in [0.29, 0.717) is 31.9 Å². The van der Waals surface area contributed by atoms with Crippen LogP contribution in [0.5, 0.6) is 11.5 Å². The highest BCUT2D eigenvalue weighted by Gasteiger charge is 2.35. The number of amides is 1. The van der Waals surface area contributed by atoms with Gasteiger partial charge in [-0.25, -0.2) is 13.8 Å².